The van der Waals surface area contributed by atoms with Crippen LogP contribution in [0.1, 0.15) is 11.1 Å². The number of carbonyl (C=O) groups is 1. The standard InChI is InChI=1S/C17H19N3O5S/c1-13-2-8-16(9-3-13)26(24,25)19-11-10-18-17(21)12-14-4-6-15(7-5-14)20(22)23/h2-9,19H,10-12H2,1H3,(H,18,21). The number of sulfonamides is 1. The molecule has 2 aromatic rings. The van der Waals surface area contributed by atoms with Crippen molar-refractivity contribution in [1.29, 1.82) is 0 Å². The summed E-state index contributed by atoms with van der Waals surface area (Å²) in [5.41, 5.74) is 1.55. The van der Waals surface area contributed by atoms with Gasteiger partial charge in [-0.25, -0.2) is 13.1 Å². The quantitative estimate of drug-likeness (QED) is 0.411. The molecule has 138 valence electrons. The van der Waals surface area contributed by atoms with E-state index in [0.29, 0.717) is 5.56 Å². The van der Waals surface area contributed by atoms with Gasteiger partial charge in [0.1, 0.15) is 0 Å². The fraction of sp³-hybridized carbons (Fsp3) is 0.235. The van der Waals surface area contributed by atoms with E-state index in [1.165, 1.54) is 36.4 Å². The SMILES string of the molecule is Cc1ccc(S(=O)(=O)NCCNC(=O)Cc2ccc([N+](=O)[O-])cc2)cc1. The third-order valence-electron chi connectivity index (χ3n) is 3.58. The molecule has 0 spiro atoms. The Morgan fingerprint density at radius 2 is 1.65 bits per heavy atom. The Bertz CT molecular complexity index is 878. The first-order chi connectivity index (χ1) is 12.3. The molecule has 0 fully saturated rings. The normalized spacial score (nSPS) is 11.1. The van der Waals surface area contributed by atoms with Crippen molar-refractivity contribution >= 4 is 21.6 Å². The number of nitro benzene ring substituents is 1. The van der Waals surface area contributed by atoms with Crippen LogP contribution < -0.4 is 10.0 Å². The molecule has 0 saturated heterocycles. The Hall–Kier alpha value is -2.78. The lowest BCUT2D eigenvalue weighted by atomic mass is 10.1. The summed E-state index contributed by atoms with van der Waals surface area (Å²) >= 11 is 0. The highest BCUT2D eigenvalue weighted by Crippen LogP contribution is 2.12. The van der Waals surface area contributed by atoms with Crippen molar-refractivity contribution in [2.24, 2.45) is 0 Å². The summed E-state index contributed by atoms with van der Waals surface area (Å²) in [6, 6.07) is 12.1. The number of nitrogens with one attached hydrogen (secondary N) is 2. The van der Waals surface area contributed by atoms with E-state index in [-0.39, 0.29) is 36.0 Å². The number of nitrogens with zero attached hydrogens (tertiary/aromatic N) is 1. The number of rotatable bonds is 8. The second-order valence-electron chi connectivity index (χ2n) is 5.66. The van der Waals surface area contributed by atoms with Crippen LogP contribution in [0, 0.1) is 17.0 Å². The van der Waals surface area contributed by atoms with Crippen LogP contribution in [0.2, 0.25) is 0 Å². The first kappa shape index (κ1) is 19.5. The minimum absolute atomic E-state index is 0.0420. The Kier molecular flexibility index (Phi) is 6.42. The van der Waals surface area contributed by atoms with Crippen LogP contribution in [0.15, 0.2) is 53.4 Å². The third kappa shape index (κ3) is 5.64. The Balaban J connectivity index is 1.77. The summed E-state index contributed by atoms with van der Waals surface area (Å²) in [7, 11) is -3.61. The molecule has 0 aromatic heterocycles. The van der Waals surface area contributed by atoms with Gasteiger partial charge in [0.05, 0.1) is 16.2 Å². The van der Waals surface area contributed by atoms with E-state index in [0.717, 1.165) is 5.56 Å². The minimum Gasteiger partial charge on any atom is -0.355 e. The molecule has 0 aliphatic heterocycles. The van der Waals surface area contributed by atoms with Crippen LogP contribution in [-0.4, -0.2) is 32.3 Å². The lowest BCUT2D eigenvalue weighted by Crippen LogP contribution is -2.35. The molecule has 1 amide bonds. The van der Waals surface area contributed by atoms with E-state index >= 15 is 0 Å². The van der Waals surface area contributed by atoms with Gasteiger partial charge < -0.3 is 5.32 Å². The van der Waals surface area contributed by atoms with Crippen LogP contribution in [0.25, 0.3) is 0 Å². The maximum absolute atomic E-state index is 12.1. The molecule has 8 nitrogen and oxygen atoms in total. The molecule has 0 heterocycles. The zero-order chi connectivity index (χ0) is 19.2. The number of benzene rings is 2. The first-order valence-electron chi connectivity index (χ1n) is 7.84. The summed E-state index contributed by atoms with van der Waals surface area (Å²) in [6.45, 7) is 2.06. The van der Waals surface area contributed by atoms with Gasteiger partial charge in [-0.15, -0.1) is 0 Å². The first-order valence-corrected chi connectivity index (χ1v) is 9.32. The third-order valence-corrected chi connectivity index (χ3v) is 5.06. The van der Waals surface area contributed by atoms with Crippen molar-refractivity contribution in [3.63, 3.8) is 0 Å². The number of hydrogen-bond donors (Lipinski definition) is 2. The molecule has 0 saturated carbocycles. The molecule has 26 heavy (non-hydrogen) atoms. The van der Waals surface area contributed by atoms with Gasteiger partial charge in [0.15, 0.2) is 0 Å². The van der Waals surface area contributed by atoms with E-state index in [1.807, 2.05) is 6.92 Å². The fourth-order valence-electron chi connectivity index (χ4n) is 2.17. The average molecular weight is 377 g/mol. The minimum atomic E-state index is -3.61. The summed E-state index contributed by atoms with van der Waals surface area (Å²) in [6.07, 6.45) is 0.0582. The van der Waals surface area contributed by atoms with Crippen molar-refractivity contribution in [2.45, 2.75) is 18.2 Å². The van der Waals surface area contributed by atoms with E-state index in [4.69, 9.17) is 0 Å². The van der Waals surface area contributed by atoms with Gasteiger partial charge in [-0.3, -0.25) is 14.9 Å². The Labute approximate surface area is 151 Å². The predicted octanol–water partition coefficient (Wildman–Crippen LogP) is 1.54. The highest BCUT2D eigenvalue weighted by atomic mass is 32.2. The van der Waals surface area contributed by atoms with Gasteiger partial charge >= 0.3 is 0 Å². The Morgan fingerprint density at radius 1 is 1.04 bits per heavy atom. The number of aryl methyl sites for hydroxylation is 1. The molecule has 2 rings (SSSR count). The van der Waals surface area contributed by atoms with Crippen molar-refractivity contribution < 1.29 is 18.1 Å². The van der Waals surface area contributed by atoms with Gasteiger partial charge in [-0.1, -0.05) is 29.8 Å². The van der Waals surface area contributed by atoms with E-state index in [1.54, 1.807) is 12.1 Å². The molecule has 0 aliphatic rings. The van der Waals surface area contributed by atoms with Crippen LogP contribution in [0.4, 0.5) is 5.69 Å². The fourth-order valence-corrected chi connectivity index (χ4v) is 3.20. The van der Waals surface area contributed by atoms with Crippen LogP contribution in [0.3, 0.4) is 0 Å². The van der Waals surface area contributed by atoms with Gasteiger partial charge in [-0.2, -0.15) is 0 Å². The number of nitro groups is 1. The summed E-state index contributed by atoms with van der Waals surface area (Å²) in [4.78, 5) is 22.1. The molecule has 9 heteroatoms. The smallest absolute Gasteiger partial charge is 0.269 e. The molecule has 2 aromatic carbocycles. The topological polar surface area (TPSA) is 118 Å². The maximum atomic E-state index is 12.1. The lowest BCUT2D eigenvalue weighted by molar-refractivity contribution is -0.384. The van der Waals surface area contributed by atoms with Crippen molar-refractivity contribution in [3.8, 4) is 0 Å². The van der Waals surface area contributed by atoms with E-state index in [2.05, 4.69) is 10.0 Å². The number of carbonyl (C=O) groups excluding carboxylic acids is 1. The van der Waals surface area contributed by atoms with E-state index < -0.39 is 14.9 Å². The summed E-state index contributed by atoms with van der Waals surface area (Å²) in [5, 5.41) is 13.2. The second kappa shape index (κ2) is 8.54. The van der Waals surface area contributed by atoms with Gasteiger partial charge in [0, 0.05) is 25.2 Å². The number of hydrogen-bond acceptors (Lipinski definition) is 5. The van der Waals surface area contributed by atoms with Crippen molar-refractivity contribution in [3.05, 3.63) is 69.8 Å². The summed E-state index contributed by atoms with van der Waals surface area (Å²) in [5.74, 6) is -0.298. The Morgan fingerprint density at radius 3 is 2.23 bits per heavy atom. The lowest BCUT2D eigenvalue weighted by Gasteiger charge is -2.08. The van der Waals surface area contributed by atoms with Crippen LogP contribution in [0.5, 0.6) is 0 Å². The highest BCUT2D eigenvalue weighted by molar-refractivity contribution is 7.89. The highest BCUT2D eigenvalue weighted by Gasteiger charge is 2.13. The number of amides is 1. The molecule has 0 aliphatic carbocycles. The molecule has 0 atom stereocenters. The van der Waals surface area contributed by atoms with Crippen LogP contribution in [-0.2, 0) is 21.2 Å². The summed E-state index contributed by atoms with van der Waals surface area (Å²) < 4.78 is 26.6. The van der Waals surface area contributed by atoms with Gasteiger partial charge in [-0.05, 0) is 24.6 Å². The zero-order valence-corrected chi connectivity index (χ0v) is 15.0. The average Bonchev–Trinajstić information content (AvgIpc) is 2.59. The number of non-ortho nitro benzene ring substituents is 1. The second-order valence-corrected chi connectivity index (χ2v) is 7.43. The van der Waals surface area contributed by atoms with Crippen molar-refractivity contribution in [1.82, 2.24) is 10.0 Å². The predicted molar refractivity (Wildman–Crippen MR) is 96.2 cm³/mol. The maximum Gasteiger partial charge on any atom is 0.269 e. The zero-order valence-electron chi connectivity index (χ0n) is 14.1. The van der Waals surface area contributed by atoms with Gasteiger partial charge in [0.2, 0.25) is 15.9 Å². The monoisotopic (exact) mass is 377 g/mol. The molecular formula is C17H19N3O5S. The van der Waals surface area contributed by atoms with Crippen molar-refractivity contribution in [2.75, 3.05) is 13.1 Å². The van der Waals surface area contributed by atoms with Gasteiger partial charge in [0.25, 0.3) is 5.69 Å². The van der Waals surface area contributed by atoms with E-state index in [9.17, 15) is 23.3 Å². The molecular weight excluding hydrogens is 358 g/mol. The molecule has 0 radical (unpaired) electrons. The molecule has 2 N–H and O–H groups in total. The molecule has 0 unspecified atom stereocenters. The van der Waals surface area contributed by atoms with Crippen LogP contribution >= 0.6 is 0 Å². The largest absolute Gasteiger partial charge is 0.355 e. The molecule has 0 bridgehead atoms.